The molecule has 2 aromatic carbocycles. The number of hydrogen-bond donors (Lipinski definition) is 2. The quantitative estimate of drug-likeness (QED) is 0.700. The Morgan fingerprint density at radius 2 is 2.00 bits per heavy atom. The smallest absolute Gasteiger partial charge is 0.240 e. The predicted octanol–water partition coefficient (Wildman–Crippen LogP) is 4.38. The lowest BCUT2D eigenvalue weighted by atomic mass is 10.2. The van der Waals surface area contributed by atoms with Crippen molar-refractivity contribution in [2.24, 2.45) is 4.99 Å². The molecule has 2 aromatic rings. The predicted molar refractivity (Wildman–Crippen MR) is 114 cm³/mol. The van der Waals surface area contributed by atoms with E-state index >= 15 is 0 Å². The van der Waals surface area contributed by atoms with Crippen LogP contribution in [0.4, 0.5) is 11.4 Å². The van der Waals surface area contributed by atoms with E-state index in [0.29, 0.717) is 33.9 Å². The van der Waals surface area contributed by atoms with Crippen LogP contribution in [0.3, 0.4) is 0 Å². The first-order valence-electron chi connectivity index (χ1n) is 8.88. The van der Waals surface area contributed by atoms with E-state index in [1.165, 1.54) is 11.8 Å². The molecule has 2 N–H and O–H groups in total. The van der Waals surface area contributed by atoms with Gasteiger partial charge in [-0.05, 0) is 42.8 Å². The van der Waals surface area contributed by atoms with Gasteiger partial charge in [0, 0.05) is 11.4 Å². The summed E-state index contributed by atoms with van der Waals surface area (Å²) in [5, 5.41) is 6.09. The maximum atomic E-state index is 12.4. The number of nitrogens with zero attached hydrogens (tertiary/aromatic N) is 1. The number of ether oxygens (including phenoxy) is 1. The molecule has 0 aromatic heterocycles. The highest BCUT2D eigenvalue weighted by Crippen LogP contribution is 2.28. The van der Waals surface area contributed by atoms with Gasteiger partial charge in [-0.3, -0.25) is 9.59 Å². The van der Waals surface area contributed by atoms with Crippen LogP contribution >= 0.6 is 23.4 Å². The highest BCUT2D eigenvalue weighted by Gasteiger charge is 2.32. The van der Waals surface area contributed by atoms with Crippen LogP contribution in [0.15, 0.2) is 53.5 Å². The van der Waals surface area contributed by atoms with Crippen molar-refractivity contribution in [2.45, 2.75) is 25.0 Å². The van der Waals surface area contributed by atoms with Crippen molar-refractivity contribution < 1.29 is 14.3 Å². The molecular formula is C20H20ClN3O3S. The SMILES string of the molecule is CCCOc1ccccc1NC(=O)C[C@@H]1SC(=Nc2ccc(Cl)cc2)NC1=O. The Hall–Kier alpha value is -2.51. The molecule has 1 aliphatic rings. The average Bonchev–Trinajstić information content (AvgIpc) is 3.01. The lowest BCUT2D eigenvalue weighted by Crippen LogP contribution is -2.28. The third-order valence-corrected chi connectivity index (χ3v) is 5.16. The zero-order chi connectivity index (χ0) is 19.9. The van der Waals surface area contributed by atoms with E-state index < -0.39 is 5.25 Å². The van der Waals surface area contributed by atoms with Gasteiger partial charge in [0.25, 0.3) is 0 Å². The molecule has 1 aliphatic heterocycles. The molecule has 0 radical (unpaired) electrons. The molecular weight excluding hydrogens is 398 g/mol. The van der Waals surface area contributed by atoms with Gasteiger partial charge < -0.3 is 15.4 Å². The van der Waals surface area contributed by atoms with Crippen molar-refractivity contribution in [3.8, 4) is 5.75 Å². The van der Waals surface area contributed by atoms with Crippen LogP contribution in [0.25, 0.3) is 0 Å². The van der Waals surface area contributed by atoms with Gasteiger partial charge in [0.1, 0.15) is 11.0 Å². The van der Waals surface area contributed by atoms with E-state index in [2.05, 4.69) is 15.6 Å². The van der Waals surface area contributed by atoms with Crippen LogP contribution < -0.4 is 15.4 Å². The minimum absolute atomic E-state index is 0.0399. The molecule has 0 spiro atoms. The van der Waals surface area contributed by atoms with Gasteiger partial charge >= 0.3 is 0 Å². The number of thioether (sulfide) groups is 1. The van der Waals surface area contributed by atoms with Crippen molar-refractivity contribution in [3.05, 3.63) is 53.6 Å². The summed E-state index contributed by atoms with van der Waals surface area (Å²) in [7, 11) is 0. The molecule has 0 saturated carbocycles. The summed E-state index contributed by atoms with van der Waals surface area (Å²) in [6.07, 6.45) is 0.912. The number of hydrogen-bond acceptors (Lipinski definition) is 5. The molecule has 1 fully saturated rings. The highest BCUT2D eigenvalue weighted by atomic mass is 35.5. The Morgan fingerprint density at radius 3 is 2.75 bits per heavy atom. The zero-order valence-electron chi connectivity index (χ0n) is 15.3. The molecule has 1 saturated heterocycles. The van der Waals surface area contributed by atoms with Crippen molar-refractivity contribution in [1.82, 2.24) is 5.32 Å². The monoisotopic (exact) mass is 417 g/mol. The third kappa shape index (κ3) is 5.50. The number of amides is 2. The molecule has 0 unspecified atom stereocenters. The molecule has 0 aliphatic carbocycles. The summed E-state index contributed by atoms with van der Waals surface area (Å²) < 4.78 is 5.64. The fraction of sp³-hybridized carbons (Fsp3) is 0.250. The topological polar surface area (TPSA) is 79.8 Å². The fourth-order valence-electron chi connectivity index (χ4n) is 2.50. The normalized spacial score (nSPS) is 17.4. The lowest BCUT2D eigenvalue weighted by molar-refractivity contribution is -0.122. The van der Waals surface area contributed by atoms with E-state index in [9.17, 15) is 9.59 Å². The number of rotatable bonds is 7. The van der Waals surface area contributed by atoms with Gasteiger partial charge in [-0.1, -0.05) is 42.4 Å². The number of para-hydroxylation sites is 2. The number of nitrogens with one attached hydrogen (secondary N) is 2. The molecule has 1 heterocycles. The largest absolute Gasteiger partial charge is 0.491 e. The molecule has 0 bridgehead atoms. The second-order valence-electron chi connectivity index (χ2n) is 6.09. The maximum Gasteiger partial charge on any atom is 0.240 e. The standard InChI is InChI=1S/C20H20ClN3O3S/c1-2-11-27-16-6-4-3-5-15(16)23-18(25)12-17-19(26)24-20(28-17)22-14-9-7-13(21)8-10-14/h3-10,17H,2,11-12H2,1H3,(H,23,25)(H,22,24,26)/t17-/m0/s1. The summed E-state index contributed by atoms with van der Waals surface area (Å²) in [4.78, 5) is 29.0. The van der Waals surface area contributed by atoms with Crippen molar-refractivity contribution in [2.75, 3.05) is 11.9 Å². The van der Waals surface area contributed by atoms with Crippen LogP contribution in [0.5, 0.6) is 5.75 Å². The van der Waals surface area contributed by atoms with E-state index in [1.807, 2.05) is 19.1 Å². The number of aliphatic imine (C=N–C) groups is 1. The molecule has 28 heavy (non-hydrogen) atoms. The summed E-state index contributed by atoms with van der Waals surface area (Å²) in [5.74, 6) is 0.127. The van der Waals surface area contributed by atoms with E-state index in [1.54, 1.807) is 36.4 Å². The Kier molecular flexibility index (Phi) is 6.95. The minimum Gasteiger partial charge on any atom is -0.491 e. The molecule has 8 heteroatoms. The Bertz CT molecular complexity index is 887. The third-order valence-electron chi connectivity index (χ3n) is 3.83. The van der Waals surface area contributed by atoms with Gasteiger partial charge in [0.15, 0.2) is 5.17 Å². The zero-order valence-corrected chi connectivity index (χ0v) is 16.8. The Balaban J connectivity index is 1.60. The summed E-state index contributed by atoms with van der Waals surface area (Å²) in [6, 6.07) is 14.2. The molecule has 3 rings (SSSR count). The minimum atomic E-state index is -0.533. The second kappa shape index (κ2) is 9.61. The van der Waals surface area contributed by atoms with Gasteiger partial charge in [-0.25, -0.2) is 4.99 Å². The van der Waals surface area contributed by atoms with Crippen LogP contribution in [-0.4, -0.2) is 28.8 Å². The van der Waals surface area contributed by atoms with Crippen molar-refractivity contribution >= 4 is 51.7 Å². The fourth-order valence-corrected chi connectivity index (χ4v) is 3.62. The number of benzene rings is 2. The summed E-state index contributed by atoms with van der Waals surface area (Å²) >= 11 is 7.10. The Morgan fingerprint density at radius 1 is 1.25 bits per heavy atom. The van der Waals surface area contributed by atoms with Crippen LogP contribution in [0.1, 0.15) is 19.8 Å². The second-order valence-corrected chi connectivity index (χ2v) is 7.71. The van der Waals surface area contributed by atoms with E-state index in [4.69, 9.17) is 16.3 Å². The summed E-state index contributed by atoms with van der Waals surface area (Å²) in [5.41, 5.74) is 1.28. The number of carbonyl (C=O) groups excluding carboxylic acids is 2. The maximum absolute atomic E-state index is 12.4. The highest BCUT2D eigenvalue weighted by molar-refractivity contribution is 8.15. The summed E-state index contributed by atoms with van der Waals surface area (Å²) in [6.45, 7) is 2.58. The first-order valence-corrected chi connectivity index (χ1v) is 10.1. The lowest BCUT2D eigenvalue weighted by Gasteiger charge is -2.12. The van der Waals surface area contributed by atoms with Gasteiger partial charge in [0.05, 0.1) is 18.0 Å². The van der Waals surface area contributed by atoms with Gasteiger partial charge in [-0.2, -0.15) is 0 Å². The van der Waals surface area contributed by atoms with E-state index in [-0.39, 0.29) is 18.2 Å². The number of amidine groups is 1. The number of halogens is 1. The molecule has 146 valence electrons. The van der Waals surface area contributed by atoms with Crippen LogP contribution in [0.2, 0.25) is 5.02 Å². The number of anilines is 1. The van der Waals surface area contributed by atoms with Crippen LogP contribution in [-0.2, 0) is 9.59 Å². The molecule has 1 atom stereocenters. The Labute approximate surface area is 172 Å². The van der Waals surface area contributed by atoms with E-state index in [0.717, 1.165) is 6.42 Å². The van der Waals surface area contributed by atoms with Crippen molar-refractivity contribution in [3.63, 3.8) is 0 Å². The van der Waals surface area contributed by atoms with Crippen LogP contribution in [0, 0.1) is 0 Å². The first-order chi connectivity index (χ1) is 13.5. The molecule has 2 amide bonds. The van der Waals surface area contributed by atoms with Crippen molar-refractivity contribution in [1.29, 1.82) is 0 Å². The van der Waals surface area contributed by atoms with Gasteiger partial charge in [-0.15, -0.1) is 0 Å². The van der Waals surface area contributed by atoms with Gasteiger partial charge in [0.2, 0.25) is 11.8 Å². The first kappa shape index (κ1) is 20.2. The average molecular weight is 418 g/mol. The number of carbonyl (C=O) groups is 2. The molecule has 6 nitrogen and oxygen atoms in total.